The Hall–Kier alpha value is -3.39. The molecule has 0 spiro atoms. The van der Waals surface area contributed by atoms with Crippen molar-refractivity contribution in [3.63, 3.8) is 0 Å². The number of amides is 1. The number of sulfone groups is 1. The van der Waals surface area contributed by atoms with Crippen molar-refractivity contribution in [1.82, 2.24) is 9.97 Å². The average molecular weight is 633 g/mol. The molecule has 5 rings (SSSR count). The van der Waals surface area contributed by atoms with Gasteiger partial charge in [-0.05, 0) is 85.4 Å². The van der Waals surface area contributed by atoms with E-state index >= 15 is 8.78 Å². The number of aliphatic hydroxyl groups is 1. The van der Waals surface area contributed by atoms with E-state index in [-0.39, 0.29) is 47.6 Å². The van der Waals surface area contributed by atoms with Crippen LogP contribution in [0.2, 0.25) is 0 Å². The van der Waals surface area contributed by atoms with E-state index in [0.717, 1.165) is 42.5 Å². The van der Waals surface area contributed by atoms with Crippen molar-refractivity contribution in [3.05, 3.63) is 77.0 Å². The second kappa shape index (κ2) is 12.5. The van der Waals surface area contributed by atoms with Crippen molar-refractivity contribution in [2.24, 2.45) is 11.7 Å². The number of benzene rings is 1. The average Bonchev–Trinajstić information content (AvgIpc) is 2.93. The maximum Gasteiger partial charge on any atom is 0.274 e. The van der Waals surface area contributed by atoms with Crippen LogP contribution in [0, 0.1) is 23.4 Å². The van der Waals surface area contributed by atoms with Gasteiger partial charge in [0.1, 0.15) is 38.7 Å². The van der Waals surface area contributed by atoms with Crippen LogP contribution in [0.25, 0.3) is 11.3 Å². The molecule has 2 aromatic heterocycles. The summed E-state index contributed by atoms with van der Waals surface area (Å²) in [5, 5.41) is 13.3. The Morgan fingerprint density at radius 3 is 2.45 bits per heavy atom. The molecule has 0 unspecified atom stereocenters. The summed E-state index contributed by atoms with van der Waals surface area (Å²) in [6.45, 7) is 2.02. The van der Waals surface area contributed by atoms with Gasteiger partial charge >= 0.3 is 0 Å². The number of ether oxygens (including phenoxy) is 1. The fourth-order valence-electron chi connectivity index (χ4n) is 6.11. The highest BCUT2D eigenvalue weighted by atomic mass is 32.2. The first-order valence-corrected chi connectivity index (χ1v) is 16.5. The largest absolute Gasteiger partial charge is 0.385 e. The lowest BCUT2D eigenvalue weighted by Gasteiger charge is -2.39. The number of hydrogen-bond donors (Lipinski definition) is 3. The molecule has 9 nitrogen and oxygen atoms in total. The van der Waals surface area contributed by atoms with E-state index in [1.54, 1.807) is 12.3 Å². The minimum atomic E-state index is -3.17. The first-order valence-electron chi connectivity index (χ1n) is 14.4. The Kier molecular flexibility index (Phi) is 9.13. The summed E-state index contributed by atoms with van der Waals surface area (Å²) in [4.78, 5) is 21.4. The fourth-order valence-corrected chi connectivity index (χ4v) is 6.50. The third-order valence-electron chi connectivity index (χ3n) is 8.58. The summed E-state index contributed by atoms with van der Waals surface area (Å²) in [5.74, 6) is -4.15. The summed E-state index contributed by atoms with van der Waals surface area (Å²) < 4.78 is 73.8. The highest BCUT2D eigenvalue weighted by Gasteiger charge is 2.38. The topological polar surface area (TPSA) is 144 Å². The van der Waals surface area contributed by atoms with Crippen LogP contribution >= 0.6 is 0 Å². The lowest BCUT2D eigenvalue weighted by atomic mass is 9.74. The molecule has 2 fully saturated rings. The first-order chi connectivity index (χ1) is 20.8. The van der Waals surface area contributed by atoms with E-state index in [4.69, 9.17) is 10.5 Å². The van der Waals surface area contributed by atoms with Gasteiger partial charge in [-0.15, -0.1) is 0 Å². The predicted molar refractivity (Wildman–Crippen MR) is 158 cm³/mol. The van der Waals surface area contributed by atoms with Crippen molar-refractivity contribution in [3.8, 4) is 11.3 Å². The third kappa shape index (κ3) is 6.80. The zero-order chi connectivity index (χ0) is 31.8. The highest BCUT2D eigenvalue weighted by molar-refractivity contribution is 7.90. The molecule has 0 radical (unpaired) electrons. The Bertz CT molecular complexity index is 1630. The molecule has 44 heavy (non-hydrogen) atoms. The Balaban J connectivity index is 1.34. The molecule has 0 aliphatic heterocycles. The smallest absolute Gasteiger partial charge is 0.274 e. The minimum absolute atomic E-state index is 0.0115. The molecule has 2 heterocycles. The molecule has 4 N–H and O–H groups in total. The van der Waals surface area contributed by atoms with Crippen molar-refractivity contribution in [2.45, 2.75) is 62.7 Å². The van der Waals surface area contributed by atoms with Gasteiger partial charge in [0.15, 0.2) is 0 Å². The van der Waals surface area contributed by atoms with Crippen molar-refractivity contribution in [2.75, 3.05) is 23.9 Å². The van der Waals surface area contributed by atoms with Gasteiger partial charge in [-0.2, -0.15) is 0 Å². The Morgan fingerprint density at radius 1 is 1.14 bits per heavy atom. The van der Waals surface area contributed by atoms with Crippen molar-refractivity contribution in [1.29, 1.82) is 0 Å². The molecule has 3 aromatic rings. The second-order valence-electron chi connectivity index (χ2n) is 11.9. The van der Waals surface area contributed by atoms with Crippen LogP contribution in [0.3, 0.4) is 0 Å². The number of anilines is 1. The molecule has 13 heteroatoms. The molecule has 4 atom stereocenters. The molecule has 0 bridgehead atoms. The summed E-state index contributed by atoms with van der Waals surface area (Å²) in [5.41, 5.74) is 4.66. The number of nitrogens with two attached hydrogens (primary N) is 1. The maximum atomic E-state index is 15.1. The zero-order valence-corrected chi connectivity index (χ0v) is 25.2. The van der Waals surface area contributed by atoms with Gasteiger partial charge in [-0.3, -0.25) is 9.78 Å². The number of pyridine rings is 2. The normalized spacial score (nSPS) is 23.2. The molecule has 2 aliphatic rings. The standard InChI is InChI=1S/C31H35F3N4O5S/c1-17-12-18(13-24(35)29(17)43-10-11-44(2,41)42)20-6-9-36-16-26(20)38-30(39)25-5-4-21(32)28(37-25)27-22(33)14-19(15-23(27)34)31(40)7-3-8-31/h4-6,9,14-18,24,29,40H,3,7-8,10-13,35H2,1-2H3,(H,38,39)/t17-,18+,24+,29-/m0/s1. The summed E-state index contributed by atoms with van der Waals surface area (Å²) in [7, 11) is -3.17. The number of halogens is 3. The molecular formula is C31H35F3N4O5S. The summed E-state index contributed by atoms with van der Waals surface area (Å²) >= 11 is 0. The number of nitrogens with zero attached hydrogens (tertiary/aromatic N) is 2. The van der Waals surface area contributed by atoms with E-state index < -0.39 is 50.1 Å². The van der Waals surface area contributed by atoms with Gasteiger partial charge in [0.25, 0.3) is 5.91 Å². The first kappa shape index (κ1) is 32.0. The van der Waals surface area contributed by atoms with Gasteiger partial charge in [0.2, 0.25) is 0 Å². The van der Waals surface area contributed by atoms with Gasteiger partial charge < -0.3 is 20.9 Å². The number of carbonyl (C=O) groups excluding carboxylic acids is 1. The molecule has 1 amide bonds. The molecular weight excluding hydrogens is 597 g/mol. The summed E-state index contributed by atoms with van der Waals surface area (Å²) in [6.07, 6.45) is 6.48. The van der Waals surface area contributed by atoms with Crippen LogP contribution in [0.4, 0.5) is 18.9 Å². The van der Waals surface area contributed by atoms with Crippen LogP contribution < -0.4 is 11.1 Å². The monoisotopic (exact) mass is 632 g/mol. The van der Waals surface area contributed by atoms with E-state index in [0.29, 0.717) is 31.4 Å². The highest BCUT2D eigenvalue weighted by Crippen LogP contribution is 2.43. The van der Waals surface area contributed by atoms with Crippen LogP contribution in [0.15, 0.2) is 42.7 Å². The number of hydrogen-bond acceptors (Lipinski definition) is 8. The van der Waals surface area contributed by atoms with E-state index in [1.807, 2.05) is 6.92 Å². The molecule has 0 saturated heterocycles. The summed E-state index contributed by atoms with van der Waals surface area (Å²) in [6, 6.07) is 5.36. The van der Waals surface area contributed by atoms with Gasteiger partial charge in [0, 0.05) is 18.5 Å². The number of rotatable bonds is 9. The second-order valence-corrected chi connectivity index (χ2v) is 14.2. The van der Waals surface area contributed by atoms with Crippen LogP contribution in [-0.2, 0) is 20.2 Å². The SMILES string of the molecule is C[C@H]1C[C@@H](c2ccncc2NC(=O)c2ccc(F)c(-c3c(F)cc(C4(O)CCC4)cc3F)n2)C[C@@H](N)[C@H]1OCCS(C)(=O)=O. The lowest BCUT2D eigenvalue weighted by molar-refractivity contribution is -0.0392. The predicted octanol–water partition coefficient (Wildman–Crippen LogP) is 4.46. The number of aromatic nitrogens is 2. The molecule has 2 aliphatic carbocycles. The third-order valence-corrected chi connectivity index (χ3v) is 9.49. The number of nitrogens with one attached hydrogen (secondary N) is 1. The fraction of sp³-hybridized carbons (Fsp3) is 0.452. The van der Waals surface area contributed by atoms with E-state index in [2.05, 4.69) is 15.3 Å². The van der Waals surface area contributed by atoms with E-state index in [1.165, 1.54) is 6.20 Å². The Labute approximate surface area is 254 Å². The zero-order valence-electron chi connectivity index (χ0n) is 24.4. The van der Waals surface area contributed by atoms with E-state index in [9.17, 15) is 22.7 Å². The van der Waals surface area contributed by atoms with Crippen LogP contribution in [0.5, 0.6) is 0 Å². The minimum Gasteiger partial charge on any atom is -0.385 e. The van der Waals surface area contributed by atoms with Crippen molar-refractivity contribution >= 4 is 21.4 Å². The Morgan fingerprint density at radius 2 is 1.84 bits per heavy atom. The lowest BCUT2D eigenvalue weighted by Crippen LogP contribution is -2.47. The van der Waals surface area contributed by atoms with Crippen molar-refractivity contribution < 1.29 is 36.2 Å². The molecule has 236 valence electrons. The quantitative estimate of drug-likeness (QED) is 0.314. The number of carbonyl (C=O) groups is 1. The van der Waals surface area contributed by atoms with Crippen LogP contribution in [0.1, 0.15) is 66.6 Å². The molecule has 2 saturated carbocycles. The van der Waals surface area contributed by atoms with Gasteiger partial charge in [0.05, 0.1) is 41.5 Å². The van der Waals surface area contributed by atoms with Gasteiger partial charge in [-0.25, -0.2) is 26.6 Å². The maximum absolute atomic E-state index is 15.1. The molecule has 1 aromatic carbocycles. The van der Waals surface area contributed by atoms with Crippen LogP contribution in [-0.4, -0.2) is 60.2 Å². The van der Waals surface area contributed by atoms with Gasteiger partial charge in [-0.1, -0.05) is 6.92 Å².